The second kappa shape index (κ2) is 7.01. The maximum Gasteiger partial charge on any atom is 0.236 e. The molecule has 2 rings (SSSR count). The minimum Gasteiger partial charge on any atom is -0.342 e. The van der Waals surface area contributed by atoms with E-state index in [0.717, 1.165) is 25.9 Å². The number of halogens is 1. The second-order valence-electron chi connectivity index (χ2n) is 4.96. The van der Waals surface area contributed by atoms with Crippen molar-refractivity contribution in [2.45, 2.75) is 25.8 Å². The number of hydrogen-bond donors (Lipinski definition) is 1. The van der Waals surface area contributed by atoms with Crippen LogP contribution in [0.15, 0.2) is 18.2 Å². The van der Waals surface area contributed by atoms with Gasteiger partial charge in [-0.1, -0.05) is 0 Å². The summed E-state index contributed by atoms with van der Waals surface area (Å²) in [5, 5.41) is 11.7. The summed E-state index contributed by atoms with van der Waals surface area (Å²) < 4.78 is 13.5. The van der Waals surface area contributed by atoms with Gasteiger partial charge >= 0.3 is 0 Å². The molecule has 1 fully saturated rings. The van der Waals surface area contributed by atoms with Crippen molar-refractivity contribution in [3.8, 4) is 6.07 Å². The lowest BCUT2D eigenvalue weighted by atomic mass is 10.1. The van der Waals surface area contributed by atoms with E-state index in [9.17, 15) is 9.18 Å². The molecule has 106 valence electrons. The number of nitrogens with zero attached hydrogens (tertiary/aromatic N) is 2. The number of amides is 1. The van der Waals surface area contributed by atoms with Crippen molar-refractivity contribution in [3.05, 3.63) is 35.1 Å². The largest absolute Gasteiger partial charge is 0.342 e. The highest BCUT2D eigenvalue weighted by Crippen LogP contribution is 2.10. The first kappa shape index (κ1) is 14.5. The smallest absolute Gasteiger partial charge is 0.236 e. The van der Waals surface area contributed by atoms with Gasteiger partial charge in [-0.15, -0.1) is 0 Å². The van der Waals surface area contributed by atoms with Crippen molar-refractivity contribution < 1.29 is 9.18 Å². The second-order valence-corrected chi connectivity index (χ2v) is 4.96. The number of carbonyl (C=O) groups excluding carboxylic acids is 1. The van der Waals surface area contributed by atoms with Gasteiger partial charge in [0, 0.05) is 25.2 Å². The van der Waals surface area contributed by atoms with Gasteiger partial charge in [-0.2, -0.15) is 5.26 Å². The lowest BCUT2D eigenvalue weighted by molar-refractivity contribution is -0.131. The summed E-state index contributed by atoms with van der Waals surface area (Å²) in [5.41, 5.74) is 0.834. The number of carbonyl (C=O) groups is 1. The van der Waals surface area contributed by atoms with Crippen LogP contribution in [0.5, 0.6) is 0 Å². The van der Waals surface area contributed by atoms with Crippen LogP contribution in [0.3, 0.4) is 0 Å². The number of piperidine rings is 1. The van der Waals surface area contributed by atoms with E-state index in [-0.39, 0.29) is 24.8 Å². The van der Waals surface area contributed by atoms with E-state index >= 15 is 0 Å². The molecule has 0 unspecified atom stereocenters. The molecule has 20 heavy (non-hydrogen) atoms. The number of likely N-dealkylation sites (tertiary alicyclic amines) is 1. The Morgan fingerprint density at radius 2 is 2.10 bits per heavy atom. The van der Waals surface area contributed by atoms with Crippen LogP contribution in [-0.4, -0.2) is 30.4 Å². The van der Waals surface area contributed by atoms with Gasteiger partial charge in [-0.05, 0) is 37.5 Å². The van der Waals surface area contributed by atoms with E-state index < -0.39 is 0 Å². The standard InChI is InChI=1S/C15H18FN3O/c16-14-5-4-12(9-17)8-13(14)10-18-11-15(20)19-6-2-1-3-7-19/h4-5,8,18H,1-3,6-7,10-11H2. The van der Waals surface area contributed by atoms with Gasteiger partial charge in [0.1, 0.15) is 5.82 Å². The molecule has 5 heteroatoms. The molecule has 0 bridgehead atoms. The molecule has 4 nitrogen and oxygen atoms in total. The predicted molar refractivity (Wildman–Crippen MR) is 73.3 cm³/mol. The van der Waals surface area contributed by atoms with Crippen LogP contribution >= 0.6 is 0 Å². The molecule has 0 radical (unpaired) electrons. The van der Waals surface area contributed by atoms with Gasteiger partial charge in [-0.25, -0.2) is 4.39 Å². The number of nitriles is 1. The summed E-state index contributed by atoms with van der Waals surface area (Å²) in [6, 6.07) is 6.21. The van der Waals surface area contributed by atoms with Crippen LogP contribution in [0.2, 0.25) is 0 Å². The minimum atomic E-state index is -0.359. The number of nitrogens with one attached hydrogen (secondary N) is 1. The number of rotatable bonds is 4. The first-order chi connectivity index (χ1) is 9.70. The molecule has 0 aliphatic carbocycles. The van der Waals surface area contributed by atoms with E-state index in [1.54, 1.807) is 0 Å². The van der Waals surface area contributed by atoms with Gasteiger partial charge in [0.05, 0.1) is 18.2 Å². The summed E-state index contributed by atoms with van der Waals surface area (Å²) in [6.07, 6.45) is 3.30. The van der Waals surface area contributed by atoms with Crippen molar-refractivity contribution in [2.24, 2.45) is 0 Å². The Labute approximate surface area is 118 Å². The van der Waals surface area contributed by atoms with E-state index in [1.807, 2.05) is 11.0 Å². The SMILES string of the molecule is N#Cc1ccc(F)c(CNCC(=O)N2CCCCC2)c1. The monoisotopic (exact) mass is 275 g/mol. The minimum absolute atomic E-state index is 0.0570. The maximum absolute atomic E-state index is 13.5. The van der Waals surface area contributed by atoms with Gasteiger partial charge in [-0.3, -0.25) is 4.79 Å². The van der Waals surface area contributed by atoms with Crippen molar-refractivity contribution in [1.29, 1.82) is 5.26 Å². The lowest BCUT2D eigenvalue weighted by Crippen LogP contribution is -2.41. The van der Waals surface area contributed by atoms with Gasteiger partial charge < -0.3 is 10.2 Å². The topological polar surface area (TPSA) is 56.1 Å². The van der Waals surface area contributed by atoms with Crippen LogP contribution in [0, 0.1) is 17.1 Å². The summed E-state index contributed by atoms with van der Waals surface area (Å²) in [7, 11) is 0. The van der Waals surface area contributed by atoms with Gasteiger partial charge in [0.2, 0.25) is 5.91 Å². The summed E-state index contributed by atoms with van der Waals surface area (Å²) in [4.78, 5) is 13.8. The lowest BCUT2D eigenvalue weighted by Gasteiger charge is -2.26. The average molecular weight is 275 g/mol. The molecule has 0 saturated carbocycles. The summed E-state index contributed by atoms with van der Waals surface area (Å²) in [5.74, 6) is -0.302. The third kappa shape index (κ3) is 3.78. The summed E-state index contributed by atoms with van der Waals surface area (Å²) in [6.45, 7) is 2.09. The Bertz CT molecular complexity index is 518. The molecular formula is C15H18FN3O. The van der Waals surface area contributed by atoms with Crippen molar-refractivity contribution in [3.63, 3.8) is 0 Å². The fourth-order valence-electron chi connectivity index (χ4n) is 2.34. The average Bonchev–Trinajstić information content (AvgIpc) is 2.50. The molecule has 1 aromatic rings. The molecule has 0 atom stereocenters. The fraction of sp³-hybridized carbons (Fsp3) is 0.467. The molecule has 0 aromatic heterocycles. The Kier molecular flexibility index (Phi) is 5.08. The highest BCUT2D eigenvalue weighted by Gasteiger charge is 2.15. The van der Waals surface area contributed by atoms with E-state index in [0.29, 0.717) is 11.1 Å². The maximum atomic E-state index is 13.5. The highest BCUT2D eigenvalue weighted by atomic mass is 19.1. The molecule has 1 N–H and O–H groups in total. The third-order valence-corrected chi connectivity index (χ3v) is 3.48. The molecular weight excluding hydrogens is 257 g/mol. The first-order valence-corrected chi connectivity index (χ1v) is 6.88. The Morgan fingerprint density at radius 3 is 2.80 bits per heavy atom. The zero-order valence-electron chi connectivity index (χ0n) is 11.4. The number of benzene rings is 1. The van der Waals surface area contributed by atoms with Gasteiger partial charge in [0.25, 0.3) is 0 Å². The Morgan fingerprint density at radius 1 is 1.35 bits per heavy atom. The van der Waals surface area contributed by atoms with E-state index in [4.69, 9.17) is 5.26 Å². The molecule has 1 aliphatic rings. The zero-order chi connectivity index (χ0) is 14.4. The quantitative estimate of drug-likeness (QED) is 0.911. The molecule has 1 amide bonds. The van der Waals surface area contributed by atoms with E-state index in [2.05, 4.69) is 5.32 Å². The predicted octanol–water partition coefficient (Wildman–Crippen LogP) is 1.80. The van der Waals surface area contributed by atoms with Crippen molar-refractivity contribution in [1.82, 2.24) is 10.2 Å². The van der Waals surface area contributed by atoms with Gasteiger partial charge in [0.15, 0.2) is 0 Å². The normalized spacial score (nSPS) is 14.9. The van der Waals surface area contributed by atoms with Crippen LogP contribution in [0.4, 0.5) is 4.39 Å². The molecule has 1 heterocycles. The van der Waals surface area contributed by atoms with E-state index in [1.165, 1.54) is 24.6 Å². The Balaban J connectivity index is 1.83. The number of hydrogen-bond acceptors (Lipinski definition) is 3. The zero-order valence-corrected chi connectivity index (χ0v) is 11.4. The Hall–Kier alpha value is -1.93. The first-order valence-electron chi connectivity index (χ1n) is 6.88. The summed E-state index contributed by atoms with van der Waals surface area (Å²) >= 11 is 0. The van der Waals surface area contributed by atoms with Crippen LogP contribution < -0.4 is 5.32 Å². The van der Waals surface area contributed by atoms with Crippen molar-refractivity contribution >= 4 is 5.91 Å². The molecule has 0 spiro atoms. The van der Waals surface area contributed by atoms with Crippen LogP contribution in [0.1, 0.15) is 30.4 Å². The fourth-order valence-corrected chi connectivity index (χ4v) is 2.34. The van der Waals surface area contributed by atoms with Crippen molar-refractivity contribution in [2.75, 3.05) is 19.6 Å². The van der Waals surface area contributed by atoms with Crippen LogP contribution in [-0.2, 0) is 11.3 Å². The van der Waals surface area contributed by atoms with Crippen LogP contribution in [0.25, 0.3) is 0 Å². The molecule has 1 aliphatic heterocycles. The third-order valence-electron chi connectivity index (χ3n) is 3.48. The highest BCUT2D eigenvalue weighted by molar-refractivity contribution is 5.78. The molecule has 1 aromatic carbocycles. The molecule has 1 saturated heterocycles.